The maximum Gasteiger partial charge on any atom is 0.411 e. The minimum atomic E-state index is -4.31. The summed E-state index contributed by atoms with van der Waals surface area (Å²) in [6, 6.07) is 7.25. The van der Waals surface area contributed by atoms with E-state index in [2.05, 4.69) is 20.4 Å². The normalized spacial score (nSPS) is 18.4. The molecule has 2 rings (SSSR count). The molecule has 1 atom stereocenters. The molecule has 140 valence electrons. The summed E-state index contributed by atoms with van der Waals surface area (Å²) in [5.41, 5.74) is 1.64. The highest BCUT2D eigenvalue weighted by Crippen LogP contribution is 2.16. The van der Waals surface area contributed by atoms with Crippen LogP contribution in [0.2, 0.25) is 0 Å². The van der Waals surface area contributed by atoms with Crippen molar-refractivity contribution in [1.29, 1.82) is 0 Å². The smallest absolute Gasteiger partial charge is 0.376 e. The monoisotopic (exact) mass is 359 g/mol. The highest BCUT2D eigenvalue weighted by atomic mass is 19.4. The van der Waals surface area contributed by atoms with Gasteiger partial charge in [-0.05, 0) is 24.0 Å². The van der Waals surface area contributed by atoms with Gasteiger partial charge in [0.25, 0.3) is 0 Å². The summed E-state index contributed by atoms with van der Waals surface area (Å²) in [5.74, 6) is 0.661. The van der Waals surface area contributed by atoms with Crippen molar-refractivity contribution in [3.63, 3.8) is 0 Å². The third-order valence-corrected chi connectivity index (χ3v) is 3.73. The van der Waals surface area contributed by atoms with Crippen LogP contribution in [0.5, 0.6) is 0 Å². The molecule has 1 heterocycles. The molecule has 25 heavy (non-hydrogen) atoms. The Morgan fingerprint density at radius 1 is 1.32 bits per heavy atom. The Bertz CT molecular complexity index is 558. The summed E-state index contributed by atoms with van der Waals surface area (Å²) in [6.07, 6.45) is -1.96. The van der Waals surface area contributed by atoms with E-state index in [4.69, 9.17) is 4.74 Å². The first-order valence-corrected chi connectivity index (χ1v) is 8.25. The molecule has 0 aliphatic carbocycles. The highest BCUT2D eigenvalue weighted by Gasteiger charge is 2.27. The van der Waals surface area contributed by atoms with Crippen molar-refractivity contribution in [3.8, 4) is 0 Å². The van der Waals surface area contributed by atoms with Crippen LogP contribution >= 0.6 is 0 Å². The number of ether oxygens (including phenoxy) is 2. The number of alkyl halides is 3. The van der Waals surface area contributed by atoms with Gasteiger partial charge in [-0.15, -0.1) is 0 Å². The zero-order chi connectivity index (χ0) is 18.1. The lowest BCUT2D eigenvalue weighted by Crippen LogP contribution is -2.40. The van der Waals surface area contributed by atoms with Gasteiger partial charge in [0.05, 0.1) is 12.7 Å². The van der Waals surface area contributed by atoms with Crippen LogP contribution in [-0.2, 0) is 22.6 Å². The molecular formula is C17H24F3N3O2. The van der Waals surface area contributed by atoms with Crippen molar-refractivity contribution in [2.45, 2.75) is 38.3 Å². The standard InChI is InChI=1S/C17H24F3N3O2/c1-21-16(23-10-15-6-3-7-25-15)22-9-13-4-2-5-14(8-13)11-24-12-17(18,19)20/h2,4-5,8,15H,3,6-7,9-12H2,1H3,(H2,21,22,23). The van der Waals surface area contributed by atoms with E-state index < -0.39 is 12.8 Å². The van der Waals surface area contributed by atoms with Crippen LogP contribution in [0, 0.1) is 0 Å². The summed E-state index contributed by atoms with van der Waals surface area (Å²) in [4.78, 5) is 4.15. The van der Waals surface area contributed by atoms with Gasteiger partial charge in [0, 0.05) is 26.7 Å². The van der Waals surface area contributed by atoms with Gasteiger partial charge in [-0.1, -0.05) is 24.3 Å². The second-order valence-electron chi connectivity index (χ2n) is 5.87. The maximum absolute atomic E-state index is 12.1. The molecule has 1 aliphatic rings. The van der Waals surface area contributed by atoms with Crippen LogP contribution in [0.1, 0.15) is 24.0 Å². The van der Waals surface area contributed by atoms with Crippen LogP contribution in [0.4, 0.5) is 13.2 Å². The second kappa shape index (κ2) is 9.62. The topological polar surface area (TPSA) is 54.9 Å². The van der Waals surface area contributed by atoms with E-state index in [0.717, 1.165) is 25.0 Å². The molecule has 1 aromatic rings. The van der Waals surface area contributed by atoms with Crippen molar-refractivity contribution in [2.24, 2.45) is 4.99 Å². The Morgan fingerprint density at radius 3 is 2.80 bits per heavy atom. The SMILES string of the molecule is CN=C(NCc1cccc(COCC(F)(F)F)c1)NCC1CCCO1. The number of halogens is 3. The Labute approximate surface area is 145 Å². The van der Waals surface area contributed by atoms with E-state index in [0.29, 0.717) is 24.6 Å². The molecular weight excluding hydrogens is 335 g/mol. The molecule has 0 saturated carbocycles. The van der Waals surface area contributed by atoms with E-state index in [-0.39, 0.29) is 12.7 Å². The van der Waals surface area contributed by atoms with Gasteiger partial charge < -0.3 is 20.1 Å². The molecule has 0 aromatic heterocycles. The molecule has 0 radical (unpaired) electrons. The zero-order valence-corrected chi connectivity index (χ0v) is 14.2. The maximum atomic E-state index is 12.1. The molecule has 1 aliphatic heterocycles. The van der Waals surface area contributed by atoms with E-state index >= 15 is 0 Å². The predicted octanol–water partition coefficient (Wildman–Crippen LogP) is 2.61. The number of nitrogens with zero attached hydrogens (tertiary/aromatic N) is 1. The first-order chi connectivity index (χ1) is 12.0. The number of rotatable bonds is 7. The molecule has 1 fully saturated rings. The average Bonchev–Trinajstić information content (AvgIpc) is 3.08. The van der Waals surface area contributed by atoms with Gasteiger partial charge >= 0.3 is 6.18 Å². The summed E-state index contributed by atoms with van der Waals surface area (Å²) in [7, 11) is 1.69. The van der Waals surface area contributed by atoms with Crippen LogP contribution in [-0.4, -0.2) is 45.0 Å². The summed E-state index contributed by atoms with van der Waals surface area (Å²) in [5, 5.41) is 6.39. The van der Waals surface area contributed by atoms with Crippen molar-refractivity contribution < 1.29 is 22.6 Å². The zero-order valence-electron chi connectivity index (χ0n) is 14.2. The van der Waals surface area contributed by atoms with Gasteiger partial charge in [0.1, 0.15) is 6.61 Å². The lowest BCUT2D eigenvalue weighted by atomic mass is 10.1. The van der Waals surface area contributed by atoms with E-state index in [9.17, 15) is 13.2 Å². The third-order valence-electron chi connectivity index (χ3n) is 3.73. The summed E-state index contributed by atoms with van der Waals surface area (Å²) < 4.78 is 46.6. The largest absolute Gasteiger partial charge is 0.411 e. The molecule has 1 aromatic carbocycles. The molecule has 2 N–H and O–H groups in total. The van der Waals surface area contributed by atoms with Crippen LogP contribution in [0.15, 0.2) is 29.3 Å². The first kappa shape index (κ1) is 19.5. The third kappa shape index (κ3) is 7.74. The van der Waals surface area contributed by atoms with Crippen LogP contribution < -0.4 is 10.6 Å². The Morgan fingerprint density at radius 2 is 2.12 bits per heavy atom. The van der Waals surface area contributed by atoms with Crippen molar-refractivity contribution in [2.75, 3.05) is 26.8 Å². The number of nitrogens with one attached hydrogen (secondary N) is 2. The fourth-order valence-electron chi connectivity index (χ4n) is 2.54. The molecule has 8 heteroatoms. The number of hydrogen-bond donors (Lipinski definition) is 2. The lowest BCUT2D eigenvalue weighted by molar-refractivity contribution is -0.176. The van der Waals surface area contributed by atoms with Gasteiger partial charge in [-0.25, -0.2) is 0 Å². The fourth-order valence-corrected chi connectivity index (χ4v) is 2.54. The second-order valence-corrected chi connectivity index (χ2v) is 5.87. The van der Waals surface area contributed by atoms with Gasteiger partial charge in [-0.2, -0.15) is 13.2 Å². The van der Waals surface area contributed by atoms with Crippen molar-refractivity contribution in [3.05, 3.63) is 35.4 Å². The lowest BCUT2D eigenvalue weighted by Gasteiger charge is -2.15. The highest BCUT2D eigenvalue weighted by molar-refractivity contribution is 5.79. The molecule has 0 amide bonds. The molecule has 1 saturated heterocycles. The number of aliphatic imine (C=N–C) groups is 1. The molecule has 0 bridgehead atoms. The molecule has 1 unspecified atom stereocenters. The minimum absolute atomic E-state index is 0.0701. The number of guanidine groups is 1. The molecule has 0 spiro atoms. The first-order valence-electron chi connectivity index (χ1n) is 8.25. The quantitative estimate of drug-likeness (QED) is 0.580. The van der Waals surface area contributed by atoms with Crippen molar-refractivity contribution in [1.82, 2.24) is 10.6 Å². The Balaban J connectivity index is 1.76. The number of benzene rings is 1. The van der Waals surface area contributed by atoms with Crippen molar-refractivity contribution >= 4 is 5.96 Å². The van der Waals surface area contributed by atoms with Gasteiger partial charge in [-0.3, -0.25) is 4.99 Å². The van der Waals surface area contributed by atoms with Gasteiger partial charge in [0.15, 0.2) is 5.96 Å². The summed E-state index contributed by atoms with van der Waals surface area (Å²) >= 11 is 0. The Hall–Kier alpha value is -1.80. The van der Waals surface area contributed by atoms with E-state index in [1.165, 1.54) is 0 Å². The van der Waals surface area contributed by atoms with E-state index in [1.54, 1.807) is 19.2 Å². The average molecular weight is 359 g/mol. The Kier molecular flexibility index (Phi) is 7.52. The summed E-state index contributed by atoms with van der Waals surface area (Å²) in [6.45, 7) is 0.708. The van der Waals surface area contributed by atoms with Crippen LogP contribution in [0.25, 0.3) is 0 Å². The minimum Gasteiger partial charge on any atom is -0.376 e. The van der Waals surface area contributed by atoms with E-state index in [1.807, 2.05) is 12.1 Å². The van der Waals surface area contributed by atoms with Crippen LogP contribution in [0.3, 0.4) is 0 Å². The predicted molar refractivity (Wildman–Crippen MR) is 89.3 cm³/mol. The van der Waals surface area contributed by atoms with Gasteiger partial charge in [0.2, 0.25) is 0 Å². The number of hydrogen-bond acceptors (Lipinski definition) is 3. The fraction of sp³-hybridized carbons (Fsp3) is 0.588. The molecule has 5 nitrogen and oxygen atoms in total.